The summed E-state index contributed by atoms with van der Waals surface area (Å²) < 4.78 is 6.17. The van der Waals surface area contributed by atoms with Gasteiger partial charge in [0.1, 0.15) is 5.78 Å². The molecule has 0 N–H and O–H groups in total. The summed E-state index contributed by atoms with van der Waals surface area (Å²) in [4.78, 5) is 11.5. The van der Waals surface area contributed by atoms with E-state index in [0.29, 0.717) is 11.7 Å². The van der Waals surface area contributed by atoms with Gasteiger partial charge in [-0.2, -0.15) is 0 Å². The van der Waals surface area contributed by atoms with E-state index in [1.165, 1.54) is 18.1 Å². The van der Waals surface area contributed by atoms with E-state index in [2.05, 4.69) is 20.8 Å². The van der Waals surface area contributed by atoms with Gasteiger partial charge in [0.25, 0.3) is 0 Å². The Morgan fingerprint density at radius 1 is 1.25 bits per heavy atom. The van der Waals surface area contributed by atoms with E-state index >= 15 is 0 Å². The Labute approximate surface area is 101 Å². The Balaban J connectivity index is 2.30. The lowest BCUT2D eigenvalue weighted by Gasteiger charge is -2.28. The van der Waals surface area contributed by atoms with Crippen molar-refractivity contribution in [3.8, 4) is 0 Å². The van der Waals surface area contributed by atoms with E-state index in [0.717, 1.165) is 32.3 Å². The lowest BCUT2D eigenvalue weighted by Crippen LogP contribution is -2.36. The van der Waals surface area contributed by atoms with Crippen molar-refractivity contribution in [3.05, 3.63) is 0 Å². The fourth-order valence-electron chi connectivity index (χ4n) is 2.67. The Morgan fingerprint density at radius 2 is 1.88 bits per heavy atom. The van der Waals surface area contributed by atoms with Crippen molar-refractivity contribution in [1.29, 1.82) is 0 Å². The standard InChI is InChI=1S/C13H26O2Si/c1-4-16(5-2,6-3)15-11-10-12-8-7-9-13(12)14/h12H,4-11H2,1-3H3/t12-/m0/s1. The molecule has 0 amide bonds. The molecular weight excluding hydrogens is 216 g/mol. The summed E-state index contributed by atoms with van der Waals surface area (Å²) in [6.07, 6.45) is 3.97. The average molecular weight is 242 g/mol. The number of Topliss-reactive ketones (excluding diaryl/α,β-unsaturated/α-hetero) is 1. The number of rotatable bonds is 7. The maximum Gasteiger partial charge on any atom is 0.191 e. The van der Waals surface area contributed by atoms with Gasteiger partial charge < -0.3 is 4.43 Å². The van der Waals surface area contributed by atoms with E-state index in [1.54, 1.807) is 0 Å². The topological polar surface area (TPSA) is 26.3 Å². The molecule has 1 rings (SSSR count). The lowest BCUT2D eigenvalue weighted by atomic mass is 10.0. The van der Waals surface area contributed by atoms with Gasteiger partial charge in [-0.15, -0.1) is 0 Å². The highest BCUT2D eigenvalue weighted by atomic mass is 28.4. The minimum atomic E-state index is -1.42. The number of hydrogen-bond donors (Lipinski definition) is 0. The second-order valence-corrected chi connectivity index (χ2v) is 9.71. The fourth-order valence-corrected chi connectivity index (χ4v) is 5.33. The Bertz CT molecular complexity index is 216. The van der Waals surface area contributed by atoms with Crippen molar-refractivity contribution in [2.24, 2.45) is 5.92 Å². The van der Waals surface area contributed by atoms with Crippen LogP contribution in [0.5, 0.6) is 0 Å². The van der Waals surface area contributed by atoms with Crippen LogP contribution in [0.25, 0.3) is 0 Å². The van der Waals surface area contributed by atoms with Crippen LogP contribution < -0.4 is 0 Å². The Kier molecular flexibility index (Phi) is 5.69. The average Bonchev–Trinajstić information content (AvgIpc) is 2.71. The third-order valence-electron chi connectivity index (χ3n) is 4.24. The van der Waals surface area contributed by atoms with E-state index in [-0.39, 0.29) is 0 Å². The molecule has 0 aliphatic heterocycles. The number of carbonyl (C=O) groups is 1. The number of carbonyl (C=O) groups excluding carboxylic acids is 1. The minimum Gasteiger partial charge on any atom is -0.417 e. The van der Waals surface area contributed by atoms with Crippen LogP contribution in [0.1, 0.15) is 46.5 Å². The third-order valence-corrected chi connectivity index (χ3v) is 8.92. The SMILES string of the molecule is CC[Si](CC)(CC)OCC[C@@H]1CCCC1=O. The van der Waals surface area contributed by atoms with Gasteiger partial charge in [-0.25, -0.2) is 0 Å². The summed E-state index contributed by atoms with van der Waals surface area (Å²) in [7, 11) is -1.42. The molecule has 2 nitrogen and oxygen atoms in total. The zero-order valence-electron chi connectivity index (χ0n) is 11.1. The van der Waals surface area contributed by atoms with Gasteiger partial charge in [-0.1, -0.05) is 20.8 Å². The summed E-state index contributed by atoms with van der Waals surface area (Å²) in [5, 5.41) is 0. The van der Waals surface area contributed by atoms with Crippen molar-refractivity contribution < 1.29 is 9.22 Å². The van der Waals surface area contributed by atoms with Crippen LogP contribution in [0.4, 0.5) is 0 Å². The van der Waals surface area contributed by atoms with E-state index < -0.39 is 8.32 Å². The first-order valence-corrected chi connectivity index (χ1v) is 9.37. The van der Waals surface area contributed by atoms with Crippen LogP contribution in [0.3, 0.4) is 0 Å². The zero-order chi connectivity index (χ0) is 12.0. The summed E-state index contributed by atoms with van der Waals surface area (Å²) in [6, 6.07) is 3.62. The smallest absolute Gasteiger partial charge is 0.191 e. The van der Waals surface area contributed by atoms with Crippen molar-refractivity contribution in [3.63, 3.8) is 0 Å². The second kappa shape index (κ2) is 6.55. The van der Waals surface area contributed by atoms with Gasteiger partial charge in [-0.05, 0) is 37.4 Å². The molecule has 0 aromatic heterocycles. The molecule has 0 saturated heterocycles. The predicted octanol–water partition coefficient (Wildman–Crippen LogP) is 3.77. The highest BCUT2D eigenvalue weighted by Crippen LogP contribution is 2.26. The van der Waals surface area contributed by atoms with Crippen LogP contribution in [-0.2, 0) is 9.22 Å². The molecule has 1 fully saturated rings. The fraction of sp³-hybridized carbons (Fsp3) is 0.923. The quantitative estimate of drug-likeness (QED) is 0.635. The van der Waals surface area contributed by atoms with Crippen molar-refractivity contribution >= 4 is 14.1 Å². The maximum atomic E-state index is 11.5. The van der Waals surface area contributed by atoms with Crippen LogP contribution in [-0.4, -0.2) is 20.7 Å². The van der Waals surface area contributed by atoms with E-state index in [4.69, 9.17) is 4.43 Å². The molecule has 0 heterocycles. The first-order chi connectivity index (χ1) is 7.67. The minimum absolute atomic E-state index is 0.317. The highest BCUT2D eigenvalue weighted by molar-refractivity contribution is 6.73. The molecule has 1 atom stereocenters. The third kappa shape index (κ3) is 3.42. The van der Waals surface area contributed by atoms with Crippen molar-refractivity contribution in [2.75, 3.05) is 6.61 Å². The molecule has 0 unspecified atom stereocenters. The van der Waals surface area contributed by atoms with Gasteiger partial charge in [0.2, 0.25) is 0 Å². The van der Waals surface area contributed by atoms with Gasteiger partial charge >= 0.3 is 0 Å². The molecule has 3 heteroatoms. The summed E-state index contributed by atoms with van der Waals surface area (Å²) in [5.74, 6) is 0.789. The molecule has 16 heavy (non-hydrogen) atoms. The molecule has 0 spiro atoms. The Morgan fingerprint density at radius 3 is 2.31 bits per heavy atom. The predicted molar refractivity (Wildman–Crippen MR) is 70.1 cm³/mol. The molecule has 1 aliphatic rings. The first kappa shape index (κ1) is 13.9. The Hall–Kier alpha value is -0.153. The summed E-state index contributed by atoms with van der Waals surface area (Å²) in [5.41, 5.74) is 0. The second-order valence-electron chi connectivity index (χ2n) is 4.94. The van der Waals surface area contributed by atoms with Gasteiger partial charge in [0.05, 0.1) is 0 Å². The number of hydrogen-bond acceptors (Lipinski definition) is 2. The number of ketones is 1. The normalized spacial score (nSPS) is 21.7. The highest BCUT2D eigenvalue weighted by Gasteiger charge is 2.30. The maximum absolute atomic E-state index is 11.5. The monoisotopic (exact) mass is 242 g/mol. The van der Waals surface area contributed by atoms with Crippen LogP contribution >= 0.6 is 0 Å². The van der Waals surface area contributed by atoms with Crippen molar-refractivity contribution in [1.82, 2.24) is 0 Å². The molecule has 1 aliphatic carbocycles. The molecular formula is C13H26O2Si. The lowest BCUT2D eigenvalue weighted by molar-refractivity contribution is -0.121. The summed E-state index contributed by atoms with van der Waals surface area (Å²) >= 11 is 0. The molecule has 94 valence electrons. The molecule has 0 radical (unpaired) electrons. The van der Waals surface area contributed by atoms with Crippen molar-refractivity contribution in [2.45, 2.75) is 64.6 Å². The molecule has 0 bridgehead atoms. The van der Waals surface area contributed by atoms with E-state index in [9.17, 15) is 4.79 Å². The van der Waals surface area contributed by atoms with E-state index in [1.807, 2.05) is 0 Å². The first-order valence-electron chi connectivity index (χ1n) is 6.84. The van der Waals surface area contributed by atoms with Crippen LogP contribution in [0.15, 0.2) is 0 Å². The molecule has 0 aromatic carbocycles. The van der Waals surface area contributed by atoms with Gasteiger partial charge in [0, 0.05) is 18.9 Å². The van der Waals surface area contributed by atoms with Gasteiger partial charge in [-0.3, -0.25) is 4.79 Å². The van der Waals surface area contributed by atoms with Crippen LogP contribution in [0, 0.1) is 5.92 Å². The zero-order valence-corrected chi connectivity index (χ0v) is 12.1. The summed E-state index contributed by atoms with van der Waals surface area (Å²) in [6.45, 7) is 7.57. The molecule has 0 aromatic rings. The van der Waals surface area contributed by atoms with Gasteiger partial charge in [0.15, 0.2) is 8.32 Å². The van der Waals surface area contributed by atoms with Crippen LogP contribution in [0.2, 0.25) is 18.1 Å². The largest absolute Gasteiger partial charge is 0.417 e. The molecule has 1 saturated carbocycles.